The van der Waals surface area contributed by atoms with E-state index in [4.69, 9.17) is 5.26 Å². The summed E-state index contributed by atoms with van der Waals surface area (Å²) in [5, 5.41) is 8.62. The third kappa shape index (κ3) is 3.28. The van der Waals surface area contributed by atoms with Crippen molar-refractivity contribution < 1.29 is 0 Å². The molecular formula is C14H21N5. The van der Waals surface area contributed by atoms with Crippen LogP contribution in [0.2, 0.25) is 0 Å². The molecule has 0 spiro atoms. The van der Waals surface area contributed by atoms with E-state index in [1.807, 2.05) is 25.3 Å². The monoisotopic (exact) mass is 259 g/mol. The predicted molar refractivity (Wildman–Crippen MR) is 75.7 cm³/mol. The Bertz CT molecular complexity index is 577. The lowest BCUT2D eigenvalue weighted by atomic mass is 10.1. The quantitative estimate of drug-likeness (QED) is 0.848. The minimum atomic E-state index is 0.318. The van der Waals surface area contributed by atoms with Gasteiger partial charge in [-0.1, -0.05) is 27.7 Å². The molecule has 0 aliphatic heterocycles. The van der Waals surface area contributed by atoms with Crippen molar-refractivity contribution in [2.24, 2.45) is 0 Å². The summed E-state index contributed by atoms with van der Waals surface area (Å²) in [5.41, 5.74) is 2.66. The molecule has 5 nitrogen and oxygen atoms in total. The summed E-state index contributed by atoms with van der Waals surface area (Å²) in [6.45, 7) is 10.7. The van der Waals surface area contributed by atoms with Gasteiger partial charge in [-0.15, -0.1) is 0 Å². The van der Waals surface area contributed by atoms with Crippen molar-refractivity contribution in [3.63, 3.8) is 0 Å². The van der Waals surface area contributed by atoms with Gasteiger partial charge in [-0.3, -0.25) is 0 Å². The molecule has 0 saturated carbocycles. The minimum absolute atomic E-state index is 0.318. The second-order valence-corrected chi connectivity index (χ2v) is 4.33. The van der Waals surface area contributed by atoms with Gasteiger partial charge in [0.25, 0.3) is 0 Å². The molecule has 0 fully saturated rings. The highest BCUT2D eigenvalue weighted by Crippen LogP contribution is 2.21. The zero-order chi connectivity index (χ0) is 14.4. The van der Waals surface area contributed by atoms with Crippen LogP contribution in [0.25, 0.3) is 11.2 Å². The Morgan fingerprint density at radius 1 is 1.32 bits per heavy atom. The smallest absolute Gasteiger partial charge is 0.163 e. The van der Waals surface area contributed by atoms with Crippen LogP contribution in [0.4, 0.5) is 0 Å². The summed E-state index contributed by atoms with van der Waals surface area (Å²) in [6.07, 6.45) is 2.20. The third-order valence-corrected chi connectivity index (χ3v) is 2.61. The molecule has 2 aromatic heterocycles. The number of imidazole rings is 1. The van der Waals surface area contributed by atoms with Gasteiger partial charge in [-0.2, -0.15) is 5.26 Å². The molecule has 2 rings (SSSR count). The molecule has 0 atom stereocenters. The van der Waals surface area contributed by atoms with Crippen molar-refractivity contribution in [3.8, 4) is 6.07 Å². The summed E-state index contributed by atoms with van der Waals surface area (Å²) < 4.78 is 1.92. The first kappa shape index (κ1) is 15.1. The van der Waals surface area contributed by atoms with Crippen LogP contribution < -0.4 is 0 Å². The third-order valence-electron chi connectivity index (χ3n) is 2.61. The van der Waals surface area contributed by atoms with E-state index in [9.17, 15) is 0 Å². The maximum atomic E-state index is 8.62. The minimum Gasteiger partial charge on any atom is -0.314 e. The molecule has 0 aliphatic rings. The van der Waals surface area contributed by atoms with Crippen molar-refractivity contribution >= 4 is 11.2 Å². The van der Waals surface area contributed by atoms with Gasteiger partial charge in [-0.25, -0.2) is 15.0 Å². The predicted octanol–water partition coefficient (Wildman–Crippen LogP) is 3.20. The molecule has 0 radical (unpaired) electrons. The Morgan fingerprint density at radius 2 is 2.00 bits per heavy atom. The Labute approximate surface area is 114 Å². The second-order valence-electron chi connectivity index (χ2n) is 4.33. The van der Waals surface area contributed by atoms with E-state index < -0.39 is 0 Å². The molecular weight excluding hydrogens is 238 g/mol. The zero-order valence-electron chi connectivity index (χ0n) is 12.3. The number of fused-ring (bicyclic) bond motifs is 1. The Morgan fingerprint density at radius 3 is 2.58 bits per heavy atom. The fraction of sp³-hybridized carbons (Fsp3) is 0.571. The molecule has 0 aliphatic carbocycles. The Hall–Kier alpha value is -1.96. The summed E-state index contributed by atoms with van der Waals surface area (Å²) >= 11 is 0. The van der Waals surface area contributed by atoms with E-state index in [1.165, 1.54) is 0 Å². The topological polar surface area (TPSA) is 67.4 Å². The molecule has 0 amide bonds. The summed E-state index contributed by atoms with van der Waals surface area (Å²) in [4.78, 5) is 13.2. The van der Waals surface area contributed by atoms with E-state index in [-0.39, 0.29) is 0 Å². The first-order chi connectivity index (χ1) is 9.13. The highest BCUT2D eigenvalue weighted by molar-refractivity contribution is 5.74. The molecule has 0 aromatic carbocycles. The number of aryl methyl sites for hydroxylation is 2. The fourth-order valence-corrected chi connectivity index (χ4v) is 1.82. The van der Waals surface area contributed by atoms with E-state index in [0.29, 0.717) is 18.9 Å². The van der Waals surface area contributed by atoms with Crippen LogP contribution in [-0.4, -0.2) is 19.5 Å². The van der Waals surface area contributed by atoms with Gasteiger partial charge in [0.15, 0.2) is 5.65 Å². The lowest BCUT2D eigenvalue weighted by Gasteiger charge is -2.07. The van der Waals surface area contributed by atoms with Gasteiger partial charge in [0.2, 0.25) is 0 Å². The van der Waals surface area contributed by atoms with Crippen LogP contribution in [0, 0.1) is 18.3 Å². The largest absolute Gasteiger partial charge is 0.314 e. The van der Waals surface area contributed by atoms with Crippen LogP contribution in [0.3, 0.4) is 0 Å². The maximum Gasteiger partial charge on any atom is 0.163 e. The molecule has 0 N–H and O–H groups in total. The van der Waals surface area contributed by atoms with Crippen molar-refractivity contribution in [2.75, 3.05) is 0 Å². The first-order valence-electron chi connectivity index (χ1n) is 6.69. The highest BCUT2D eigenvalue weighted by Gasteiger charge is 2.13. The Kier molecular flexibility index (Phi) is 5.43. The second kappa shape index (κ2) is 6.83. The van der Waals surface area contributed by atoms with Crippen molar-refractivity contribution in [3.05, 3.63) is 17.8 Å². The number of aromatic nitrogens is 4. The molecule has 0 bridgehead atoms. The normalized spacial score (nSPS) is 10.2. The molecule has 2 aromatic rings. The van der Waals surface area contributed by atoms with E-state index >= 15 is 0 Å². The lowest BCUT2D eigenvalue weighted by Crippen LogP contribution is -2.02. The van der Waals surface area contributed by atoms with Crippen LogP contribution in [-0.2, 0) is 6.54 Å². The lowest BCUT2D eigenvalue weighted by molar-refractivity contribution is 0.726. The Balaban J connectivity index is 0.000000861. The maximum absolute atomic E-state index is 8.62. The molecule has 0 saturated heterocycles. The van der Waals surface area contributed by atoms with Crippen molar-refractivity contribution in [2.45, 2.75) is 53.5 Å². The summed E-state index contributed by atoms with van der Waals surface area (Å²) in [6, 6.07) is 2.13. The summed E-state index contributed by atoms with van der Waals surface area (Å²) in [5.74, 6) is 1.07. The van der Waals surface area contributed by atoms with Gasteiger partial charge >= 0.3 is 0 Å². The number of hydrogen-bond donors (Lipinski definition) is 0. The number of hydrogen-bond acceptors (Lipinski definition) is 4. The van der Waals surface area contributed by atoms with Gasteiger partial charge in [0.05, 0.1) is 24.5 Å². The number of rotatable bonds is 3. The van der Waals surface area contributed by atoms with Crippen LogP contribution in [0.1, 0.15) is 51.6 Å². The molecule has 5 heteroatoms. The average molecular weight is 259 g/mol. The first-order valence-corrected chi connectivity index (χ1v) is 6.69. The van der Waals surface area contributed by atoms with Gasteiger partial charge < -0.3 is 4.57 Å². The number of nitriles is 1. The van der Waals surface area contributed by atoms with Crippen molar-refractivity contribution in [1.29, 1.82) is 5.26 Å². The standard InChI is InChI=1S/C12H15N5.C2H6/c1-8(2)10-11-12(16-9(3)15-10)17(7-14-11)6-4-5-13;1-2/h7-8H,4,6H2,1-3H3;1-2H3. The van der Waals surface area contributed by atoms with Gasteiger partial charge in [0.1, 0.15) is 11.3 Å². The van der Waals surface area contributed by atoms with Gasteiger partial charge in [0, 0.05) is 6.54 Å². The van der Waals surface area contributed by atoms with Crippen LogP contribution in [0.5, 0.6) is 0 Å². The van der Waals surface area contributed by atoms with E-state index in [0.717, 1.165) is 22.7 Å². The number of nitrogens with zero attached hydrogens (tertiary/aromatic N) is 5. The molecule has 19 heavy (non-hydrogen) atoms. The molecule has 102 valence electrons. The fourth-order valence-electron chi connectivity index (χ4n) is 1.82. The average Bonchev–Trinajstić information content (AvgIpc) is 2.80. The highest BCUT2D eigenvalue weighted by atomic mass is 15.1. The van der Waals surface area contributed by atoms with E-state index in [2.05, 4.69) is 34.9 Å². The molecule has 2 heterocycles. The van der Waals surface area contributed by atoms with Crippen LogP contribution in [0.15, 0.2) is 6.33 Å². The van der Waals surface area contributed by atoms with Crippen LogP contribution >= 0.6 is 0 Å². The molecule has 0 unspecified atom stereocenters. The summed E-state index contributed by atoms with van der Waals surface area (Å²) in [7, 11) is 0. The SMILES string of the molecule is CC.Cc1nc(C(C)C)c2ncn(CCC#N)c2n1. The van der Waals surface area contributed by atoms with Crippen molar-refractivity contribution in [1.82, 2.24) is 19.5 Å². The van der Waals surface area contributed by atoms with E-state index in [1.54, 1.807) is 6.33 Å². The van der Waals surface area contributed by atoms with Gasteiger partial charge in [-0.05, 0) is 12.8 Å². The zero-order valence-corrected chi connectivity index (χ0v) is 12.3.